The molecule has 0 unspecified atom stereocenters. The summed E-state index contributed by atoms with van der Waals surface area (Å²) < 4.78 is 0. The molecule has 0 radical (unpaired) electrons. The standard InChI is InChI=1S/C21H15N3O2/c25-19-15-10-4-6-12-17(15)23-21(24(19)14-8-2-1-3-9-14)16-11-5-7-13-18(16)22-20(21)26/h1-13,23H,(H,22,26)/t21-/m1/s1. The second-order valence-corrected chi connectivity index (χ2v) is 6.36. The van der Waals surface area contributed by atoms with Crippen molar-refractivity contribution in [3.63, 3.8) is 0 Å². The van der Waals surface area contributed by atoms with E-state index >= 15 is 0 Å². The van der Waals surface area contributed by atoms with Gasteiger partial charge < -0.3 is 10.6 Å². The van der Waals surface area contributed by atoms with E-state index in [4.69, 9.17) is 0 Å². The molecule has 0 aromatic heterocycles. The average Bonchev–Trinajstić information content (AvgIpc) is 2.95. The molecular formula is C21H15N3O2. The van der Waals surface area contributed by atoms with Gasteiger partial charge in [-0.2, -0.15) is 0 Å². The first kappa shape index (κ1) is 14.7. The Kier molecular flexibility index (Phi) is 2.94. The molecule has 126 valence electrons. The van der Waals surface area contributed by atoms with Gasteiger partial charge in [0.05, 0.1) is 5.56 Å². The van der Waals surface area contributed by atoms with Gasteiger partial charge in [-0.3, -0.25) is 14.5 Å². The Morgan fingerprint density at radius 2 is 1.38 bits per heavy atom. The van der Waals surface area contributed by atoms with Crippen molar-refractivity contribution in [2.24, 2.45) is 0 Å². The maximum absolute atomic E-state index is 13.4. The topological polar surface area (TPSA) is 61.4 Å². The minimum absolute atomic E-state index is 0.211. The fraction of sp³-hybridized carbons (Fsp3) is 0.0476. The molecule has 2 N–H and O–H groups in total. The van der Waals surface area contributed by atoms with Crippen molar-refractivity contribution >= 4 is 28.9 Å². The number of fused-ring (bicyclic) bond motifs is 3. The predicted octanol–water partition coefficient (Wildman–Crippen LogP) is 3.56. The lowest BCUT2D eigenvalue weighted by Gasteiger charge is -2.44. The number of carbonyl (C=O) groups is 2. The summed E-state index contributed by atoms with van der Waals surface area (Å²) in [5.74, 6) is -0.484. The van der Waals surface area contributed by atoms with Crippen molar-refractivity contribution in [1.29, 1.82) is 0 Å². The van der Waals surface area contributed by atoms with Crippen LogP contribution in [0.4, 0.5) is 17.1 Å². The Morgan fingerprint density at radius 1 is 0.731 bits per heavy atom. The lowest BCUT2D eigenvalue weighted by atomic mass is 9.92. The number of anilines is 3. The van der Waals surface area contributed by atoms with Gasteiger partial charge in [0.1, 0.15) is 0 Å². The molecule has 1 spiro atoms. The molecule has 0 aliphatic carbocycles. The molecule has 5 rings (SSSR count). The maximum atomic E-state index is 13.4. The highest BCUT2D eigenvalue weighted by atomic mass is 16.2. The largest absolute Gasteiger partial charge is 0.350 e. The molecule has 0 saturated carbocycles. The number of hydrogen-bond donors (Lipinski definition) is 2. The van der Waals surface area contributed by atoms with Gasteiger partial charge in [-0.15, -0.1) is 0 Å². The average molecular weight is 341 g/mol. The zero-order chi connectivity index (χ0) is 17.7. The Hall–Kier alpha value is -3.60. The predicted molar refractivity (Wildman–Crippen MR) is 100 cm³/mol. The van der Waals surface area contributed by atoms with E-state index in [1.165, 1.54) is 0 Å². The quantitative estimate of drug-likeness (QED) is 0.711. The van der Waals surface area contributed by atoms with Crippen LogP contribution in [-0.2, 0) is 10.5 Å². The minimum Gasteiger partial charge on any atom is -0.350 e. The van der Waals surface area contributed by atoms with E-state index < -0.39 is 5.66 Å². The van der Waals surface area contributed by atoms with E-state index in [9.17, 15) is 9.59 Å². The molecule has 1 atom stereocenters. The number of rotatable bonds is 1. The summed E-state index contributed by atoms with van der Waals surface area (Å²) in [4.78, 5) is 28.2. The van der Waals surface area contributed by atoms with Crippen LogP contribution in [-0.4, -0.2) is 11.8 Å². The maximum Gasteiger partial charge on any atom is 0.276 e. The second-order valence-electron chi connectivity index (χ2n) is 6.36. The number of hydrogen-bond acceptors (Lipinski definition) is 3. The summed E-state index contributed by atoms with van der Waals surface area (Å²) in [5.41, 5.74) is 1.97. The first-order valence-electron chi connectivity index (χ1n) is 8.39. The fourth-order valence-corrected chi connectivity index (χ4v) is 3.78. The molecule has 3 aromatic carbocycles. The zero-order valence-electron chi connectivity index (χ0n) is 13.8. The normalized spacial score (nSPS) is 20.4. The monoisotopic (exact) mass is 341 g/mol. The van der Waals surface area contributed by atoms with Gasteiger partial charge in [-0.05, 0) is 30.3 Å². The lowest BCUT2D eigenvalue weighted by Crippen LogP contribution is -2.61. The van der Waals surface area contributed by atoms with Crippen molar-refractivity contribution in [2.75, 3.05) is 15.5 Å². The summed E-state index contributed by atoms with van der Waals surface area (Å²) in [6.45, 7) is 0. The van der Waals surface area contributed by atoms with Gasteiger partial charge in [0.15, 0.2) is 0 Å². The molecule has 26 heavy (non-hydrogen) atoms. The van der Waals surface area contributed by atoms with E-state index in [0.29, 0.717) is 22.6 Å². The molecule has 0 bridgehead atoms. The summed E-state index contributed by atoms with van der Waals surface area (Å²) >= 11 is 0. The van der Waals surface area contributed by atoms with Crippen LogP contribution in [0.15, 0.2) is 78.9 Å². The number of para-hydroxylation sites is 3. The molecule has 5 heteroatoms. The second kappa shape index (κ2) is 5.20. The minimum atomic E-state index is -1.32. The summed E-state index contributed by atoms with van der Waals surface area (Å²) in [6.07, 6.45) is 0. The first-order chi connectivity index (χ1) is 12.7. The lowest BCUT2D eigenvalue weighted by molar-refractivity contribution is -0.119. The van der Waals surface area contributed by atoms with E-state index in [1.807, 2.05) is 72.8 Å². The number of benzene rings is 3. The van der Waals surface area contributed by atoms with Gasteiger partial charge in [0.25, 0.3) is 11.8 Å². The van der Waals surface area contributed by atoms with Crippen LogP contribution in [0.1, 0.15) is 15.9 Å². The summed E-state index contributed by atoms with van der Waals surface area (Å²) in [6, 6.07) is 24.0. The van der Waals surface area contributed by atoms with Crippen molar-refractivity contribution in [3.05, 3.63) is 90.0 Å². The number of carbonyl (C=O) groups excluding carboxylic acids is 2. The van der Waals surface area contributed by atoms with Gasteiger partial charge in [-0.1, -0.05) is 48.5 Å². The highest BCUT2D eigenvalue weighted by molar-refractivity contribution is 6.21. The summed E-state index contributed by atoms with van der Waals surface area (Å²) in [5, 5.41) is 6.26. The van der Waals surface area contributed by atoms with E-state index in [2.05, 4.69) is 10.6 Å². The molecule has 2 aliphatic rings. The molecular weight excluding hydrogens is 326 g/mol. The first-order valence-corrected chi connectivity index (χ1v) is 8.39. The van der Waals surface area contributed by atoms with Crippen molar-refractivity contribution in [3.8, 4) is 0 Å². The highest BCUT2D eigenvalue weighted by Crippen LogP contribution is 2.46. The SMILES string of the molecule is O=C1c2ccccc2N[C@@]2(C(=O)Nc3ccccc32)N1c1ccccc1. The van der Waals surface area contributed by atoms with Crippen LogP contribution >= 0.6 is 0 Å². The molecule has 3 aromatic rings. The van der Waals surface area contributed by atoms with Crippen molar-refractivity contribution in [1.82, 2.24) is 0 Å². The zero-order valence-corrected chi connectivity index (χ0v) is 13.8. The van der Waals surface area contributed by atoms with E-state index in [-0.39, 0.29) is 11.8 Å². The molecule has 0 fully saturated rings. The Balaban J connectivity index is 1.83. The molecule has 2 aliphatic heterocycles. The van der Waals surface area contributed by atoms with Crippen molar-refractivity contribution in [2.45, 2.75) is 5.66 Å². The van der Waals surface area contributed by atoms with Gasteiger partial charge in [0.2, 0.25) is 5.66 Å². The van der Waals surface area contributed by atoms with Crippen molar-refractivity contribution < 1.29 is 9.59 Å². The van der Waals surface area contributed by atoms with Crippen LogP contribution in [0.3, 0.4) is 0 Å². The van der Waals surface area contributed by atoms with E-state index in [1.54, 1.807) is 11.0 Å². The van der Waals surface area contributed by atoms with Crippen LogP contribution in [0, 0.1) is 0 Å². The van der Waals surface area contributed by atoms with Crippen LogP contribution in [0.2, 0.25) is 0 Å². The van der Waals surface area contributed by atoms with Crippen LogP contribution in [0.25, 0.3) is 0 Å². The fourth-order valence-electron chi connectivity index (χ4n) is 3.78. The Labute approximate surface area is 150 Å². The molecule has 2 heterocycles. The molecule has 0 saturated heterocycles. The molecule has 2 amide bonds. The van der Waals surface area contributed by atoms with Crippen LogP contribution < -0.4 is 15.5 Å². The highest BCUT2D eigenvalue weighted by Gasteiger charge is 2.56. The number of nitrogens with one attached hydrogen (secondary N) is 2. The Bertz CT molecular complexity index is 1050. The smallest absolute Gasteiger partial charge is 0.276 e. The van der Waals surface area contributed by atoms with Crippen LogP contribution in [0.5, 0.6) is 0 Å². The Morgan fingerprint density at radius 3 is 2.19 bits per heavy atom. The third-order valence-electron chi connectivity index (χ3n) is 4.92. The number of amides is 2. The third-order valence-corrected chi connectivity index (χ3v) is 4.92. The van der Waals surface area contributed by atoms with Gasteiger partial charge in [0, 0.05) is 22.6 Å². The summed E-state index contributed by atoms with van der Waals surface area (Å²) in [7, 11) is 0. The van der Waals surface area contributed by atoms with E-state index in [0.717, 1.165) is 5.56 Å². The van der Waals surface area contributed by atoms with Gasteiger partial charge in [-0.25, -0.2) is 0 Å². The molecule has 5 nitrogen and oxygen atoms in total. The third kappa shape index (κ3) is 1.80. The van der Waals surface area contributed by atoms with Gasteiger partial charge >= 0.3 is 0 Å². The number of nitrogens with zero attached hydrogens (tertiary/aromatic N) is 1.